The summed E-state index contributed by atoms with van der Waals surface area (Å²) in [5.74, 6) is 0.906. The van der Waals surface area contributed by atoms with Crippen molar-refractivity contribution in [3.05, 3.63) is 77.5 Å². The summed E-state index contributed by atoms with van der Waals surface area (Å²) in [5, 5.41) is 3.03. The fourth-order valence-corrected chi connectivity index (χ4v) is 4.05. The van der Waals surface area contributed by atoms with Gasteiger partial charge in [0.05, 0.1) is 18.7 Å². The number of carbonyl (C=O) groups excluding carboxylic acids is 1. The Morgan fingerprint density at radius 2 is 2.03 bits per heavy atom. The van der Waals surface area contributed by atoms with E-state index in [2.05, 4.69) is 29.4 Å². The van der Waals surface area contributed by atoms with E-state index in [9.17, 15) is 4.79 Å². The van der Waals surface area contributed by atoms with Gasteiger partial charge in [-0.25, -0.2) is 0 Å². The van der Waals surface area contributed by atoms with E-state index < -0.39 is 0 Å². The minimum absolute atomic E-state index is 0.0163. The number of hydrogen-bond donors (Lipinski definition) is 1. The first-order chi connectivity index (χ1) is 14.1. The zero-order valence-electron chi connectivity index (χ0n) is 16.6. The smallest absolute Gasteiger partial charge is 0.224 e. The molecule has 0 radical (unpaired) electrons. The number of amides is 1. The second kappa shape index (κ2) is 8.70. The van der Waals surface area contributed by atoms with Crippen molar-refractivity contribution in [1.29, 1.82) is 0 Å². The lowest BCUT2D eigenvalue weighted by Crippen LogP contribution is -2.35. The van der Waals surface area contributed by atoms with Gasteiger partial charge in [-0.1, -0.05) is 24.3 Å². The van der Waals surface area contributed by atoms with Gasteiger partial charge in [-0.15, -0.1) is 11.8 Å². The van der Waals surface area contributed by atoms with Gasteiger partial charge in [-0.2, -0.15) is 0 Å². The molecule has 1 atom stereocenters. The number of ether oxygens (including phenoxy) is 1. The zero-order valence-corrected chi connectivity index (χ0v) is 17.5. The third kappa shape index (κ3) is 4.62. The summed E-state index contributed by atoms with van der Waals surface area (Å²) < 4.78 is 6.22. The normalized spacial score (nSPS) is 14.9. The van der Waals surface area contributed by atoms with Crippen LogP contribution in [0.15, 0.2) is 65.7 Å². The molecule has 2 aromatic carbocycles. The molecular weight excluding hydrogens is 380 g/mol. The SMILES string of the molecule is CSc1ccc(CC(=O)NCC2Cc3cc(C)cc(-c4ccccn4)c3O2)cc1. The second-order valence-electron chi connectivity index (χ2n) is 7.29. The van der Waals surface area contributed by atoms with E-state index in [0.29, 0.717) is 13.0 Å². The van der Waals surface area contributed by atoms with Crippen LogP contribution in [-0.4, -0.2) is 29.8 Å². The van der Waals surface area contributed by atoms with Gasteiger partial charge in [-0.3, -0.25) is 9.78 Å². The first kappa shape index (κ1) is 19.5. The van der Waals surface area contributed by atoms with Crippen LogP contribution in [-0.2, 0) is 17.6 Å². The van der Waals surface area contributed by atoms with Crippen molar-refractivity contribution < 1.29 is 9.53 Å². The summed E-state index contributed by atoms with van der Waals surface area (Å²) in [6, 6.07) is 18.3. The topological polar surface area (TPSA) is 51.2 Å². The molecule has 0 spiro atoms. The second-order valence-corrected chi connectivity index (χ2v) is 8.17. The Hall–Kier alpha value is -2.79. The average Bonchev–Trinajstić information content (AvgIpc) is 3.15. The van der Waals surface area contributed by atoms with Crippen molar-refractivity contribution in [3.8, 4) is 17.0 Å². The fourth-order valence-electron chi connectivity index (χ4n) is 3.64. The highest BCUT2D eigenvalue weighted by Gasteiger charge is 2.27. The third-order valence-electron chi connectivity index (χ3n) is 5.03. The highest BCUT2D eigenvalue weighted by Crippen LogP contribution is 2.39. The standard InChI is InChI=1S/C24H24N2O2S/c1-16-11-18-14-19(28-24(18)21(12-16)22-5-3-4-10-25-22)15-26-23(27)13-17-6-8-20(29-2)9-7-17/h3-12,19H,13-15H2,1-2H3,(H,26,27). The summed E-state index contributed by atoms with van der Waals surface area (Å²) in [6.07, 6.45) is 4.95. The fraction of sp³-hybridized carbons (Fsp3) is 0.250. The highest BCUT2D eigenvalue weighted by atomic mass is 32.2. The molecule has 0 aliphatic carbocycles. The molecule has 4 nitrogen and oxygen atoms in total. The van der Waals surface area contributed by atoms with Gasteiger partial charge < -0.3 is 10.1 Å². The summed E-state index contributed by atoms with van der Waals surface area (Å²) in [4.78, 5) is 18.0. The number of thioether (sulfide) groups is 1. The number of aryl methyl sites for hydroxylation is 1. The van der Waals surface area contributed by atoms with Gasteiger partial charge in [0.25, 0.3) is 0 Å². The Balaban J connectivity index is 1.39. The molecule has 3 aromatic rings. The summed E-state index contributed by atoms with van der Waals surface area (Å²) in [5.41, 5.74) is 5.31. The molecular formula is C24H24N2O2S. The molecule has 148 valence electrons. The molecule has 1 amide bonds. The lowest BCUT2D eigenvalue weighted by molar-refractivity contribution is -0.120. The van der Waals surface area contributed by atoms with E-state index >= 15 is 0 Å². The number of aromatic nitrogens is 1. The maximum atomic E-state index is 12.4. The number of hydrogen-bond acceptors (Lipinski definition) is 4. The van der Waals surface area contributed by atoms with Crippen LogP contribution in [0.4, 0.5) is 0 Å². The lowest BCUT2D eigenvalue weighted by atomic mass is 10.0. The van der Waals surface area contributed by atoms with E-state index in [4.69, 9.17) is 4.74 Å². The molecule has 2 heterocycles. The molecule has 4 rings (SSSR count). The van der Waals surface area contributed by atoms with Crippen molar-refractivity contribution in [2.24, 2.45) is 0 Å². The quantitative estimate of drug-likeness (QED) is 0.617. The van der Waals surface area contributed by atoms with E-state index in [1.165, 1.54) is 16.0 Å². The number of nitrogens with zero attached hydrogens (tertiary/aromatic N) is 1. The van der Waals surface area contributed by atoms with Crippen molar-refractivity contribution in [3.63, 3.8) is 0 Å². The molecule has 0 saturated carbocycles. The first-order valence-electron chi connectivity index (χ1n) is 9.73. The van der Waals surface area contributed by atoms with Gasteiger partial charge >= 0.3 is 0 Å². The molecule has 1 aliphatic heterocycles. The number of carbonyl (C=O) groups is 1. The van der Waals surface area contributed by atoms with Crippen molar-refractivity contribution in [2.45, 2.75) is 30.8 Å². The Morgan fingerprint density at radius 1 is 1.21 bits per heavy atom. The Morgan fingerprint density at radius 3 is 2.76 bits per heavy atom. The van der Waals surface area contributed by atoms with Gasteiger partial charge in [0, 0.05) is 23.1 Å². The predicted octanol–water partition coefficient (Wildman–Crippen LogP) is 4.44. The molecule has 1 unspecified atom stereocenters. The van der Waals surface area contributed by atoms with E-state index in [1.807, 2.05) is 48.7 Å². The zero-order chi connectivity index (χ0) is 20.2. The molecule has 0 bridgehead atoms. The van der Waals surface area contributed by atoms with E-state index in [1.54, 1.807) is 18.0 Å². The lowest BCUT2D eigenvalue weighted by Gasteiger charge is -2.14. The maximum Gasteiger partial charge on any atom is 0.224 e. The molecule has 5 heteroatoms. The number of pyridine rings is 1. The highest BCUT2D eigenvalue weighted by molar-refractivity contribution is 7.98. The van der Waals surface area contributed by atoms with E-state index in [0.717, 1.165) is 29.0 Å². The minimum Gasteiger partial charge on any atom is -0.487 e. The van der Waals surface area contributed by atoms with Crippen LogP contribution in [0.3, 0.4) is 0 Å². The molecule has 1 N–H and O–H groups in total. The van der Waals surface area contributed by atoms with Crippen LogP contribution in [0.5, 0.6) is 5.75 Å². The van der Waals surface area contributed by atoms with Gasteiger partial charge in [0.15, 0.2) is 0 Å². The average molecular weight is 405 g/mol. The third-order valence-corrected chi connectivity index (χ3v) is 5.78. The summed E-state index contributed by atoms with van der Waals surface area (Å²) >= 11 is 1.70. The molecule has 29 heavy (non-hydrogen) atoms. The van der Waals surface area contributed by atoms with Crippen LogP contribution in [0, 0.1) is 6.92 Å². The molecule has 0 saturated heterocycles. The summed E-state index contributed by atoms with van der Waals surface area (Å²) in [6.45, 7) is 2.58. The van der Waals surface area contributed by atoms with Crippen molar-refractivity contribution >= 4 is 17.7 Å². The Labute approximate surface area is 175 Å². The molecule has 1 aromatic heterocycles. The van der Waals surface area contributed by atoms with Crippen molar-refractivity contribution in [2.75, 3.05) is 12.8 Å². The minimum atomic E-state index is -0.0583. The van der Waals surface area contributed by atoms with Crippen LogP contribution in [0.2, 0.25) is 0 Å². The molecule has 0 fully saturated rings. The number of benzene rings is 2. The monoisotopic (exact) mass is 404 g/mol. The van der Waals surface area contributed by atoms with Crippen LogP contribution in [0.1, 0.15) is 16.7 Å². The van der Waals surface area contributed by atoms with Gasteiger partial charge in [0.2, 0.25) is 5.91 Å². The van der Waals surface area contributed by atoms with Crippen LogP contribution in [0.25, 0.3) is 11.3 Å². The number of rotatable bonds is 6. The van der Waals surface area contributed by atoms with Crippen molar-refractivity contribution in [1.82, 2.24) is 10.3 Å². The molecule has 1 aliphatic rings. The number of nitrogens with one attached hydrogen (secondary N) is 1. The number of fused-ring (bicyclic) bond motifs is 1. The van der Waals surface area contributed by atoms with Gasteiger partial charge in [-0.05, 0) is 60.2 Å². The summed E-state index contributed by atoms with van der Waals surface area (Å²) in [7, 11) is 0. The first-order valence-corrected chi connectivity index (χ1v) is 11.0. The Bertz CT molecular complexity index is 1000. The van der Waals surface area contributed by atoms with Gasteiger partial charge in [0.1, 0.15) is 11.9 Å². The largest absolute Gasteiger partial charge is 0.487 e. The maximum absolute atomic E-state index is 12.4. The van der Waals surface area contributed by atoms with Crippen LogP contribution >= 0.6 is 11.8 Å². The Kier molecular flexibility index (Phi) is 5.86. The predicted molar refractivity (Wildman–Crippen MR) is 117 cm³/mol. The van der Waals surface area contributed by atoms with Crippen LogP contribution < -0.4 is 10.1 Å². The van der Waals surface area contributed by atoms with E-state index in [-0.39, 0.29) is 12.0 Å².